The fourth-order valence-electron chi connectivity index (χ4n) is 1.22. The van der Waals surface area contributed by atoms with Gasteiger partial charge < -0.3 is 5.73 Å². The number of anilines is 1. The quantitative estimate of drug-likeness (QED) is 0.656. The van der Waals surface area contributed by atoms with E-state index in [2.05, 4.69) is 11.1 Å². The number of nitrogen functional groups attached to an aromatic ring is 1. The SMILES string of the molecule is Cc1ncsc1CSc1cccc(N)c1. The second-order valence-corrected chi connectivity index (χ2v) is 5.21. The van der Waals surface area contributed by atoms with Gasteiger partial charge in [-0.1, -0.05) is 6.07 Å². The van der Waals surface area contributed by atoms with E-state index in [1.54, 1.807) is 23.1 Å². The average Bonchev–Trinajstić information content (AvgIpc) is 2.61. The maximum atomic E-state index is 5.71. The van der Waals surface area contributed by atoms with Crippen molar-refractivity contribution in [1.82, 2.24) is 4.98 Å². The molecule has 0 fully saturated rings. The number of aromatic nitrogens is 1. The number of thioether (sulfide) groups is 1. The Morgan fingerprint density at radius 2 is 2.33 bits per heavy atom. The first kappa shape index (κ1) is 10.5. The lowest BCUT2D eigenvalue weighted by Crippen LogP contribution is -1.84. The molecule has 0 bridgehead atoms. The van der Waals surface area contributed by atoms with E-state index in [-0.39, 0.29) is 0 Å². The molecule has 0 amide bonds. The first-order valence-corrected chi connectivity index (χ1v) is 6.49. The third-order valence-electron chi connectivity index (χ3n) is 2.07. The number of nitrogens with two attached hydrogens (primary N) is 1. The van der Waals surface area contributed by atoms with Crippen LogP contribution in [0.3, 0.4) is 0 Å². The number of nitrogens with zero attached hydrogens (tertiary/aromatic N) is 1. The van der Waals surface area contributed by atoms with Crippen LogP contribution in [0.5, 0.6) is 0 Å². The molecule has 0 atom stereocenters. The smallest absolute Gasteiger partial charge is 0.0797 e. The second kappa shape index (κ2) is 4.68. The summed E-state index contributed by atoms with van der Waals surface area (Å²) in [5, 5.41) is 0. The molecule has 0 unspecified atom stereocenters. The van der Waals surface area contributed by atoms with Gasteiger partial charge in [-0.25, -0.2) is 4.98 Å². The van der Waals surface area contributed by atoms with Crippen molar-refractivity contribution in [2.75, 3.05) is 5.73 Å². The molecular formula is C11H12N2S2. The van der Waals surface area contributed by atoms with E-state index >= 15 is 0 Å². The van der Waals surface area contributed by atoms with Crippen molar-refractivity contribution in [1.29, 1.82) is 0 Å². The lowest BCUT2D eigenvalue weighted by atomic mass is 10.3. The fraction of sp³-hybridized carbons (Fsp3) is 0.182. The van der Waals surface area contributed by atoms with Gasteiger partial charge in [0.2, 0.25) is 0 Å². The highest BCUT2D eigenvalue weighted by Gasteiger charge is 2.02. The molecule has 1 heterocycles. The summed E-state index contributed by atoms with van der Waals surface area (Å²) in [5.74, 6) is 0.972. The Balaban J connectivity index is 2.02. The predicted molar refractivity (Wildman–Crippen MR) is 67.3 cm³/mol. The molecule has 0 radical (unpaired) electrons. The maximum Gasteiger partial charge on any atom is 0.0797 e. The summed E-state index contributed by atoms with van der Waals surface area (Å²) in [4.78, 5) is 6.77. The van der Waals surface area contributed by atoms with Crippen LogP contribution in [0.25, 0.3) is 0 Å². The summed E-state index contributed by atoms with van der Waals surface area (Å²) in [6, 6.07) is 7.97. The van der Waals surface area contributed by atoms with Crippen LogP contribution in [0.4, 0.5) is 5.69 Å². The van der Waals surface area contributed by atoms with E-state index in [1.807, 2.05) is 30.6 Å². The molecule has 0 saturated heterocycles. The molecule has 0 aliphatic rings. The summed E-state index contributed by atoms with van der Waals surface area (Å²) in [5.41, 5.74) is 9.56. The van der Waals surface area contributed by atoms with Crippen molar-refractivity contribution in [3.05, 3.63) is 40.3 Å². The van der Waals surface area contributed by atoms with Crippen LogP contribution >= 0.6 is 23.1 Å². The summed E-state index contributed by atoms with van der Waals surface area (Å²) >= 11 is 3.51. The van der Waals surface area contributed by atoms with Crippen LogP contribution in [0.2, 0.25) is 0 Å². The number of thiazole rings is 1. The Labute approximate surface area is 97.5 Å². The van der Waals surface area contributed by atoms with Crippen LogP contribution in [0.1, 0.15) is 10.6 Å². The largest absolute Gasteiger partial charge is 0.399 e. The predicted octanol–water partition coefficient (Wildman–Crippen LogP) is 3.33. The molecule has 2 aromatic rings. The fourth-order valence-corrected chi connectivity index (χ4v) is 3.13. The first-order chi connectivity index (χ1) is 7.25. The zero-order chi connectivity index (χ0) is 10.7. The van der Waals surface area contributed by atoms with Crippen LogP contribution < -0.4 is 5.73 Å². The number of rotatable bonds is 3. The molecule has 2 nitrogen and oxygen atoms in total. The van der Waals surface area contributed by atoms with Crippen molar-refractivity contribution >= 4 is 28.8 Å². The topological polar surface area (TPSA) is 38.9 Å². The lowest BCUT2D eigenvalue weighted by Gasteiger charge is -2.01. The van der Waals surface area contributed by atoms with Gasteiger partial charge in [0.05, 0.1) is 11.2 Å². The molecule has 0 aliphatic heterocycles. The van der Waals surface area contributed by atoms with Crippen molar-refractivity contribution in [3.63, 3.8) is 0 Å². The van der Waals surface area contributed by atoms with Crippen LogP contribution in [0.15, 0.2) is 34.7 Å². The molecular weight excluding hydrogens is 224 g/mol. The van der Waals surface area contributed by atoms with Crippen molar-refractivity contribution in [2.45, 2.75) is 17.6 Å². The minimum Gasteiger partial charge on any atom is -0.399 e. The minimum absolute atomic E-state index is 0.820. The van der Waals surface area contributed by atoms with Gasteiger partial charge in [0.1, 0.15) is 0 Å². The van der Waals surface area contributed by atoms with E-state index in [9.17, 15) is 0 Å². The number of aryl methyl sites for hydroxylation is 1. The number of hydrogen-bond donors (Lipinski definition) is 1. The Bertz CT molecular complexity index is 451. The molecule has 0 aliphatic carbocycles. The average molecular weight is 236 g/mol. The minimum atomic E-state index is 0.820. The molecule has 0 spiro atoms. The highest BCUT2D eigenvalue weighted by atomic mass is 32.2. The summed E-state index contributed by atoms with van der Waals surface area (Å²) < 4.78 is 0. The van der Waals surface area contributed by atoms with E-state index < -0.39 is 0 Å². The van der Waals surface area contributed by atoms with Gasteiger partial charge in [-0.15, -0.1) is 23.1 Å². The van der Waals surface area contributed by atoms with Gasteiger partial charge in [-0.05, 0) is 25.1 Å². The molecule has 2 N–H and O–H groups in total. The molecule has 1 aromatic heterocycles. The van der Waals surface area contributed by atoms with E-state index in [4.69, 9.17) is 5.73 Å². The zero-order valence-electron chi connectivity index (χ0n) is 8.43. The van der Waals surface area contributed by atoms with Gasteiger partial charge in [0.25, 0.3) is 0 Å². The van der Waals surface area contributed by atoms with Crippen molar-refractivity contribution in [3.8, 4) is 0 Å². The Hall–Kier alpha value is -1.00. The van der Waals surface area contributed by atoms with E-state index in [1.165, 1.54) is 9.77 Å². The Morgan fingerprint density at radius 3 is 3.00 bits per heavy atom. The molecule has 4 heteroatoms. The lowest BCUT2D eigenvalue weighted by molar-refractivity contribution is 1.22. The Morgan fingerprint density at radius 1 is 1.47 bits per heavy atom. The van der Waals surface area contributed by atoms with Gasteiger partial charge in [-0.3, -0.25) is 0 Å². The van der Waals surface area contributed by atoms with Gasteiger partial charge in [0.15, 0.2) is 0 Å². The highest BCUT2D eigenvalue weighted by Crippen LogP contribution is 2.27. The molecule has 15 heavy (non-hydrogen) atoms. The summed E-state index contributed by atoms with van der Waals surface area (Å²) in [7, 11) is 0. The van der Waals surface area contributed by atoms with E-state index in [0.717, 1.165) is 17.1 Å². The van der Waals surface area contributed by atoms with Crippen LogP contribution in [0, 0.1) is 6.92 Å². The zero-order valence-corrected chi connectivity index (χ0v) is 10.1. The second-order valence-electron chi connectivity index (χ2n) is 3.22. The number of benzene rings is 1. The maximum absolute atomic E-state index is 5.71. The van der Waals surface area contributed by atoms with Crippen LogP contribution in [-0.4, -0.2) is 4.98 Å². The Kier molecular flexibility index (Phi) is 3.28. The van der Waals surface area contributed by atoms with Gasteiger partial charge >= 0.3 is 0 Å². The highest BCUT2D eigenvalue weighted by molar-refractivity contribution is 7.98. The summed E-state index contributed by atoms with van der Waals surface area (Å²) in [6.07, 6.45) is 0. The normalized spacial score (nSPS) is 10.5. The van der Waals surface area contributed by atoms with Gasteiger partial charge in [-0.2, -0.15) is 0 Å². The molecule has 1 aromatic carbocycles. The first-order valence-electron chi connectivity index (χ1n) is 4.63. The van der Waals surface area contributed by atoms with Gasteiger partial charge in [0, 0.05) is 21.2 Å². The molecule has 78 valence electrons. The van der Waals surface area contributed by atoms with E-state index in [0.29, 0.717) is 0 Å². The monoisotopic (exact) mass is 236 g/mol. The summed E-state index contributed by atoms with van der Waals surface area (Å²) in [6.45, 7) is 2.05. The standard InChI is InChI=1S/C11H12N2S2/c1-8-11(15-7-13-8)6-14-10-4-2-3-9(12)5-10/h2-5,7H,6,12H2,1H3. The van der Waals surface area contributed by atoms with Crippen LogP contribution in [-0.2, 0) is 5.75 Å². The third-order valence-corrected chi connectivity index (χ3v) is 4.21. The van der Waals surface area contributed by atoms with Crippen molar-refractivity contribution < 1.29 is 0 Å². The van der Waals surface area contributed by atoms with Crippen molar-refractivity contribution in [2.24, 2.45) is 0 Å². The molecule has 2 rings (SSSR count). The third kappa shape index (κ3) is 2.73. The molecule has 0 saturated carbocycles. The number of hydrogen-bond acceptors (Lipinski definition) is 4.